The van der Waals surface area contributed by atoms with Crippen LogP contribution in [0.15, 0.2) is 54.6 Å². The van der Waals surface area contributed by atoms with E-state index < -0.39 is 12.0 Å². The summed E-state index contributed by atoms with van der Waals surface area (Å²) >= 11 is 0. The van der Waals surface area contributed by atoms with Crippen molar-refractivity contribution in [3.8, 4) is 0 Å². The SMILES string of the molecule is CCOC(=O)c1ccc(N2C(=O)C[C@@H]([NH+](C)Cc3ccccc3)C2=O)cc1. The number of hydrogen-bond acceptors (Lipinski definition) is 4. The van der Waals surface area contributed by atoms with Gasteiger partial charge >= 0.3 is 5.97 Å². The minimum Gasteiger partial charge on any atom is -0.462 e. The van der Waals surface area contributed by atoms with Gasteiger partial charge in [0.25, 0.3) is 5.91 Å². The van der Waals surface area contributed by atoms with E-state index in [4.69, 9.17) is 4.74 Å². The van der Waals surface area contributed by atoms with E-state index in [9.17, 15) is 14.4 Å². The van der Waals surface area contributed by atoms with Gasteiger partial charge in [0, 0.05) is 5.56 Å². The fourth-order valence-electron chi connectivity index (χ4n) is 3.29. The van der Waals surface area contributed by atoms with E-state index in [0.717, 1.165) is 10.5 Å². The van der Waals surface area contributed by atoms with Crippen LogP contribution >= 0.6 is 0 Å². The monoisotopic (exact) mass is 367 g/mol. The van der Waals surface area contributed by atoms with Crippen molar-refractivity contribution in [1.82, 2.24) is 0 Å². The molecular weight excluding hydrogens is 344 g/mol. The molecule has 140 valence electrons. The summed E-state index contributed by atoms with van der Waals surface area (Å²) < 4.78 is 4.95. The van der Waals surface area contributed by atoms with Crippen molar-refractivity contribution in [3.05, 3.63) is 65.7 Å². The lowest BCUT2D eigenvalue weighted by Crippen LogP contribution is -3.12. The minimum absolute atomic E-state index is 0.178. The van der Waals surface area contributed by atoms with Gasteiger partial charge in [-0.3, -0.25) is 9.59 Å². The Morgan fingerprint density at radius 3 is 2.41 bits per heavy atom. The number of amides is 2. The average Bonchev–Trinajstić information content (AvgIpc) is 2.97. The first kappa shape index (κ1) is 18.8. The zero-order valence-corrected chi connectivity index (χ0v) is 15.5. The zero-order chi connectivity index (χ0) is 19.4. The average molecular weight is 367 g/mol. The number of hydrogen-bond donors (Lipinski definition) is 1. The number of nitrogens with zero attached hydrogens (tertiary/aromatic N) is 1. The molecule has 0 bridgehead atoms. The number of esters is 1. The summed E-state index contributed by atoms with van der Waals surface area (Å²) in [5.41, 5.74) is 1.99. The molecule has 0 saturated carbocycles. The molecule has 27 heavy (non-hydrogen) atoms. The van der Waals surface area contributed by atoms with Gasteiger partial charge < -0.3 is 9.64 Å². The molecule has 2 aromatic rings. The number of nitrogens with one attached hydrogen (secondary N) is 1. The van der Waals surface area contributed by atoms with Gasteiger partial charge in [-0.15, -0.1) is 0 Å². The van der Waals surface area contributed by atoms with Crippen molar-refractivity contribution in [2.24, 2.45) is 0 Å². The van der Waals surface area contributed by atoms with Crippen molar-refractivity contribution in [2.45, 2.75) is 25.9 Å². The summed E-state index contributed by atoms with van der Waals surface area (Å²) in [6, 6.07) is 15.8. The van der Waals surface area contributed by atoms with Gasteiger partial charge in [0.05, 0.1) is 31.3 Å². The molecule has 0 aliphatic carbocycles. The molecule has 1 fully saturated rings. The van der Waals surface area contributed by atoms with Gasteiger partial charge in [-0.25, -0.2) is 9.69 Å². The third-order valence-electron chi connectivity index (χ3n) is 4.70. The highest BCUT2D eigenvalue weighted by atomic mass is 16.5. The maximum atomic E-state index is 12.9. The van der Waals surface area contributed by atoms with E-state index in [2.05, 4.69) is 0 Å². The van der Waals surface area contributed by atoms with Gasteiger partial charge in [-0.05, 0) is 31.2 Å². The highest BCUT2D eigenvalue weighted by molar-refractivity contribution is 6.21. The van der Waals surface area contributed by atoms with Crippen LogP contribution < -0.4 is 9.80 Å². The third-order valence-corrected chi connectivity index (χ3v) is 4.70. The maximum absolute atomic E-state index is 12.9. The number of imide groups is 1. The number of ether oxygens (including phenoxy) is 1. The van der Waals surface area contributed by atoms with Crippen molar-refractivity contribution < 1.29 is 24.0 Å². The molecule has 1 heterocycles. The van der Waals surface area contributed by atoms with Crippen LogP contribution in [0.4, 0.5) is 5.69 Å². The lowest BCUT2D eigenvalue weighted by molar-refractivity contribution is -0.908. The van der Waals surface area contributed by atoms with Crippen LogP contribution in [0.1, 0.15) is 29.3 Å². The Kier molecular flexibility index (Phi) is 5.66. The van der Waals surface area contributed by atoms with Crippen molar-refractivity contribution >= 4 is 23.5 Å². The van der Waals surface area contributed by atoms with Gasteiger partial charge in [0.15, 0.2) is 6.04 Å². The minimum atomic E-state index is -0.423. The second kappa shape index (κ2) is 8.14. The quantitative estimate of drug-likeness (QED) is 0.616. The molecule has 6 nitrogen and oxygen atoms in total. The molecule has 0 radical (unpaired) electrons. The molecule has 2 amide bonds. The molecule has 0 aromatic heterocycles. The molecule has 1 aliphatic heterocycles. The lowest BCUT2D eigenvalue weighted by Gasteiger charge is -2.20. The van der Waals surface area contributed by atoms with Crippen molar-refractivity contribution in [2.75, 3.05) is 18.6 Å². The first-order chi connectivity index (χ1) is 13.0. The fourth-order valence-corrected chi connectivity index (χ4v) is 3.29. The maximum Gasteiger partial charge on any atom is 0.338 e. The van der Waals surface area contributed by atoms with Crippen molar-refractivity contribution in [1.29, 1.82) is 0 Å². The highest BCUT2D eigenvalue weighted by Crippen LogP contribution is 2.22. The molecule has 6 heteroatoms. The predicted molar refractivity (Wildman–Crippen MR) is 100 cm³/mol. The molecule has 1 N–H and O–H groups in total. The van der Waals surface area contributed by atoms with E-state index >= 15 is 0 Å². The Morgan fingerprint density at radius 2 is 1.78 bits per heavy atom. The summed E-state index contributed by atoms with van der Waals surface area (Å²) in [7, 11) is 1.93. The number of likely N-dealkylation sites (N-methyl/N-ethyl adjacent to an activating group) is 1. The predicted octanol–water partition coefficient (Wildman–Crippen LogP) is 1.21. The Hall–Kier alpha value is -2.99. The number of carbonyl (C=O) groups excluding carboxylic acids is 3. The van der Waals surface area contributed by atoms with Gasteiger partial charge in [0.2, 0.25) is 5.91 Å². The van der Waals surface area contributed by atoms with E-state index in [-0.39, 0.29) is 18.2 Å². The molecule has 1 saturated heterocycles. The molecule has 2 atom stereocenters. The second-order valence-corrected chi connectivity index (χ2v) is 6.60. The molecule has 0 spiro atoms. The van der Waals surface area contributed by atoms with Crippen LogP contribution in [-0.4, -0.2) is 37.5 Å². The standard InChI is InChI=1S/C21H22N2O4/c1-3-27-21(26)16-9-11-17(12-10-16)23-19(24)13-18(20(23)25)22(2)14-15-7-5-4-6-8-15/h4-12,18H,3,13-14H2,1-2H3/p+1/t18-/m1/s1. The van der Waals surface area contributed by atoms with Crippen LogP contribution in [-0.2, 0) is 20.9 Å². The number of benzene rings is 2. The van der Waals surface area contributed by atoms with E-state index in [1.807, 2.05) is 37.4 Å². The highest BCUT2D eigenvalue weighted by Gasteiger charge is 2.44. The number of quaternary nitrogens is 1. The summed E-state index contributed by atoms with van der Waals surface area (Å²) in [6.45, 7) is 2.70. The van der Waals surface area contributed by atoms with Gasteiger partial charge in [-0.2, -0.15) is 0 Å². The molecule has 3 rings (SSSR count). The van der Waals surface area contributed by atoms with Crippen LogP contribution in [0.25, 0.3) is 0 Å². The molecular formula is C21H23N2O4+. The topological polar surface area (TPSA) is 68.1 Å². The third kappa shape index (κ3) is 4.06. The van der Waals surface area contributed by atoms with Crippen molar-refractivity contribution in [3.63, 3.8) is 0 Å². The van der Waals surface area contributed by atoms with Crippen LogP contribution in [0.5, 0.6) is 0 Å². The zero-order valence-electron chi connectivity index (χ0n) is 15.5. The fraction of sp³-hybridized carbons (Fsp3) is 0.286. The second-order valence-electron chi connectivity index (χ2n) is 6.60. The normalized spacial score (nSPS) is 17.9. The first-order valence-corrected chi connectivity index (χ1v) is 9.01. The summed E-state index contributed by atoms with van der Waals surface area (Å²) in [5, 5.41) is 0. The Bertz CT molecular complexity index is 833. The molecule has 2 aromatic carbocycles. The Balaban J connectivity index is 1.73. The largest absolute Gasteiger partial charge is 0.462 e. The van der Waals surface area contributed by atoms with E-state index in [1.165, 1.54) is 4.90 Å². The van der Waals surface area contributed by atoms with Gasteiger partial charge in [-0.1, -0.05) is 30.3 Å². The lowest BCUT2D eigenvalue weighted by atomic mass is 10.1. The number of carbonyl (C=O) groups is 3. The Morgan fingerprint density at radius 1 is 1.11 bits per heavy atom. The van der Waals surface area contributed by atoms with Gasteiger partial charge in [0.1, 0.15) is 6.54 Å². The number of rotatable bonds is 6. The summed E-state index contributed by atoms with van der Waals surface area (Å²) in [4.78, 5) is 39.3. The van der Waals surface area contributed by atoms with E-state index in [1.54, 1.807) is 31.2 Å². The first-order valence-electron chi connectivity index (χ1n) is 9.01. The Labute approximate surface area is 158 Å². The summed E-state index contributed by atoms with van der Waals surface area (Å²) in [6.07, 6.45) is 0.178. The van der Waals surface area contributed by atoms with Crippen LogP contribution in [0.3, 0.4) is 0 Å². The molecule has 1 unspecified atom stereocenters. The molecule has 1 aliphatic rings. The smallest absolute Gasteiger partial charge is 0.338 e. The summed E-state index contributed by atoms with van der Waals surface area (Å²) in [5.74, 6) is -0.855. The van der Waals surface area contributed by atoms with Crippen LogP contribution in [0.2, 0.25) is 0 Å². The van der Waals surface area contributed by atoms with E-state index in [0.29, 0.717) is 24.4 Å². The van der Waals surface area contributed by atoms with Crippen LogP contribution in [0, 0.1) is 0 Å². The number of anilines is 1.